The highest BCUT2D eigenvalue weighted by molar-refractivity contribution is 6.52. The summed E-state index contributed by atoms with van der Waals surface area (Å²) in [7, 11) is 0. The van der Waals surface area contributed by atoms with Gasteiger partial charge in [-0.15, -0.1) is 0 Å². The van der Waals surface area contributed by atoms with E-state index >= 15 is 0 Å². The number of H-pyrrole nitrogens is 1. The summed E-state index contributed by atoms with van der Waals surface area (Å²) in [5, 5.41) is 0.726. The van der Waals surface area contributed by atoms with E-state index in [2.05, 4.69) is 4.98 Å². The maximum absolute atomic E-state index is 13.1. The van der Waals surface area contributed by atoms with Crippen LogP contribution in [-0.2, 0) is 4.79 Å². The summed E-state index contributed by atoms with van der Waals surface area (Å²) >= 11 is 0. The number of allylic oxidation sites excluding steroid dienone is 1. The molecule has 1 aliphatic rings. The van der Waals surface area contributed by atoms with Gasteiger partial charge in [0.05, 0.1) is 11.3 Å². The molecule has 3 aromatic rings. The molecule has 0 atom stereocenters. The summed E-state index contributed by atoms with van der Waals surface area (Å²) in [6.45, 7) is 0. The number of aromatic nitrogens is 1. The minimum Gasteiger partial charge on any atom is -0.354 e. The summed E-state index contributed by atoms with van der Waals surface area (Å²) in [6, 6.07) is 13.2. The second-order valence-corrected chi connectivity index (χ2v) is 5.18. The van der Waals surface area contributed by atoms with Crippen LogP contribution in [0.25, 0.3) is 16.5 Å². The second kappa shape index (κ2) is 4.49. The lowest BCUT2D eigenvalue weighted by Gasteiger charge is -2.13. The maximum atomic E-state index is 13.1. The van der Waals surface area contributed by atoms with Crippen molar-refractivity contribution in [2.24, 2.45) is 0 Å². The molecule has 0 bridgehead atoms. The Morgan fingerprint density at radius 3 is 2.41 bits per heavy atom. The minimum absolute atomic E-state index is 0.348. The molecule has 4 rings (SSSR count). The molecular weight excluding hydrogens is 281 g/mol. The number of carbonyl (C=O) groups excluding carboxylic acids is 2. The van der Waals surface area contributed by atoms with E-state index in [1.807, 2.05) is 24.3 Å². The van der Waals surface area contributed by atoms with Crippen molar-refractivity contribution in [2.75, 3.05) is 0 Å². The number of halogens is 1. The molecule has 0 unspecified atom stereocenters. The highest BCUT2D eigenvalue weighted by Crippen LogP contribution is 2.34. The quantitative estimate of drug-likeness (QED) is 0.698. The molecule has 0 fully saturated rings. The zero-order valence-corrected chi connectivity index (χ0v) is 11.4. The standard InChI is InChI=1S/C18H10FNO2/c19-11-7-5-10(6-8-11)13-9-15(21)18(22)16-12-3-1-2-4-14(12)20-17(13)16/h1-9,20H. The second-order valence-electron chi connectivity index (χ2n) is 5.18. The summed E-state index contributed by atoms with van der Waals surface area (Å²) < 4.78 is 13.1. The molecule has 3 nitrogen and oxygen atoms in total. The van der Waals surface area contributed by atoms with Gasteiger partial charge < -0.3 is 4.98 Å². The molecule has 1 aromatic heterocycles. The first-order valence-corrected chi connectivity index (χ1v) is 6.82. The number of ketones is 2. The lowest BCUT2D eigenvalue weighted by Crippen LogP contribution is -2.18. The Morgan fingerprint density at radius 1 is 0.909 bits per heavy atom. The number of hydrogen-bond donors (Lipinski definition) is 1. The zero-order chi connectivity index (χ0) is 15.3. The third-order valence-corrected chi connectivity index (χ3v) is 3.86. The minimum atomic E-state index is -0.559. The fourth-order valence-corrected chi connectivity index (χ4v) is 2.83. The van der Waals surface area contributed by atoms with Crippen LogP contribution in [0.4, 0.5) is 4.39 Å². The number of hydrogen-bond acceptors (Lipinski definition) is 2. The Labute approximate surface area is 125 Å². The van der Waals surface area contributed by atoms with Gasteiger partial charge in [-0.1, -0.05) is 30.3 Å². The lowest BCUT2D eigenvalue weighted by molar-refractivity contribution is -0.110. The molecule has 22 heavy (non-hydrogen) atoms. The van der Waals surface area contributed by atoms with Crippen LogP contribution in [0.1, 0.15) is 21.6 Å². The number of fused-ring (bicyclic) bond motifs is 3. The van der Waals surface area contributed by atoms with Crippen LogP contribution >= 0.6 is 0 Å². The fourth-order valence-electron chi connectivity index (χ4n) is 2.83. The average Bonchev–Trinajstić information content (AvgIpc) is 2.91. The van der Waals surface area contributed by atoms with Crippen LogP contribution < -0.4 is 0 Å². The SMILES string of the molecule is O=C1C=C(c2ccc(F)cc2)c2[nH]c3ccccc3c2C1=O. The molecule has 0 spiro atoms. The molecule has 2 aromatic carbocycles. The first kappa shape index (κ1) is 12.7. The summed E-state index contributed by atoms with van der Waals surface area (Å²) in [6.07, 6.45) is 1.31. The molecule has 1 aliphatic carbocycles. The Hall–Kier alpha value is -3.01. The van der Waals surface area contributed by atoms with Gasteiger partial charge >= 0.3 is 0 Å². The van der Waals surface area contributed by atoms with Gasteiger partial charge in [-0.05, 0) is 29.8 Å². The van der Waals surface area contributed by atoms with Crippen LogP contribution in [0, 0.1) is 5.82 Å². The molecule has 1 heterocycles. The van der Waals surface area contributed by atoms with E-state index in [1.54, 1.807) is 12.1 Å². The van der Waals surface area contributed by atoms with Crippen molar-refractivity contribution >= 4 is 28.0 Å². The Kier molecular flexibility index (Phi) is 2.60. The van der Waals surface area contributed by atoms with Gasteiger partial charge in [0, 0.05) is 16.5 Å². The van der Waals surface area contributed by atoms with Gasteiger partial charge in [0.2, 0.25) is 11.6 Å². The Morgan fingerprint density at radius 2 is 1.64 bits per heavy atom. The summed E-state index contributed by atoms with van der Waals surface area (Å²) in [5.41, 5.74) is 3.09. The molecule has 4 heteroatoms. The highest BCUT2D eigenvalue weighted by atomic mass is 19.1. The molecular formula is C18H10FNO2. The van der Waals surface area contributed by atoms with E-state index in [1.165, 1.54) is 18.2 Å². The molecule has 0 aliphatic heterocycles. The molecule has 1 N–H and O–H groups in total. The topological polar surface area (TPSA) is 49.9 Å². The average molecular weight is 291 g/mol. The van der Waals surface area contributed by atoms with Crippen molar-refractivity contribution in [3.05, 3.63) is 77.2 Å². The molecule has 0 radical (unpaired) electrons. The monoisotopic (exact) mass is 291 g/mol. The molecule has 106 valence electrons. The van der Waals surface area contributed by atoms with Crippen molar-refractivity contribution in [2.45, 2.75) is 0 Å². The van der Waals surface area contributed by atoms with Gasteiger partial charge in [0.25, 0.3) is 0 Å². The van der Waals surface area contributed by atoms with Crippen LogP contribution in [0.3, 0.4) is 0 Å². The van der Waals surface area contributed by atoms with Gasteiger partial charge in [0.1, 0.15) is 5.82 Å². The number of nitrogens with one attached hydrogen (secondary N) is 1. The number of benzene rings is 2. The van der Waals surface area contributed by atoms with Crippen molar-refractivity contribution in [3.63, 3.8) is 0 Å². The first-order valence-electron chi connectivity index (χ1n) is 6.82. The third-order valence-electron chi connectivity index (χ3n) is 3.86. The van der Waals surface area contributed by atoms with Crippen molar-refractivity contribution in [1.82, 2.24) is 4.98 Å². The van der Waals surface area contributed by atoms with Gasteiger partial charge in [-0.2, -0.15) is 0 Å². The predicted octanol–water partition coefficient (Wildman–Crippen LogP) is 3.50. The highest BCUT2D eigenvalue weighted by Gasteiger charge is 2.30. The first-order chi connectivity index (χ1) is 10.6. The van der Waals surface area contributed by atoms with E-state index in [9.17, 15) is 14.0 Å². The van der Waals surface area contributed by atoms with Crippen molar-refractivity contribution in [3.8, 4) is 0 Å². The van der Waals surface area contributed by atoms with Crippen LogP contribution in [0.5, 0.6) is 0 Å². The number of rotatable bonds is 1. The van der Waals surface area contributed by atoms with E-state index in [-0.39, 0.29) is 5.82 Å². The zero-order valence-electron chi connectivity index (χ0n) is 11.4. The number of aromatic amines is 1. The summed E-state index contributed by atoms with van der Waals surface area (Å²) in [4.78, 5) is 27.5. The van der Waals surface area contributed by atoms with Crippen LogP contribution in [0.2, 0.25) is 0 Å². The molecule has 0 saturated heterocycles. The van der Waals surface area contributed by atoms with E-state index < -0.39 is 11.6 Å². The maximum Gasteiger partial charge on any atom is 0.235 e. The molecule has 0 saturated carbocycles. The fraction of sp³-hybridized carbons (Fsp3) is 0. The van der Waals surface area contributed by atoms with Gasteiger partial charge in [-0.25, -0.2) is 4.39 Å². The third kappa shape index (κ3) is 1.74. The van der Waals surface area contributed by atoms with Crippen molar-refractivity contribution < 1.29 is 14.0 Å². The number of carbonyl (C=O) groups is 2. The predicted molar refractivity (Wildman–Crippen MR) is 81.1 cm³/mol. The number of Topliss-reactive ketones (excluding diaryl/α,β-unsaturated/α-hetero) is 1. The molecule has 0 amide bonds. The Bertz CT molecular complexity index is 964. The van der Waals surface area contributed by atoms with Gasteiger partial charge in [-0.3, -0.25) is 9.59 Å². The van der Waals surface area contributed by atoms with Crippen molar-refractivity contribution in [1.29, 1.82) is 0 Å². The Balaban J connectivity index is 2.02. The van der Waals surface area contributed by atoms with Gasteiger partial charge in [0.15, 0.2) is 0 Å². The summed E-state index contributed by atoms with van der Waals surface area (Å²) in [5.74, 6) is -1.42. The largest absolute Gasteiger partial charge is 0.354 e. The van der Waals surface area contributed by atoms with E-state index in [0.29, 0.717) is 22.4 Å². The smallest absolute Gasteiger partial charge is 0.235 e. The lowest BCUT2D eigenvalue weighted by atomic mass is 9.89. The van der Waals surface area contributed by atoms with Crippen LogP contribution in [0.15, 0.2) is 54.6 Å². The van der Waals surface area contributed by atoms with Crippen LogP contribution in [-0.4, -0.2) is 16.6 Å². The normalized spacial score (nSPS) is 14.1. The van der Waals surface area contributed by atoms with E-state index in [4.69, 9.17) is 0 Å². The van der Waals surface area contributed by atoms with E-state index in [0.717, 1.165) is 10.9 Å². The number of para-hydroxylation sites is 1.